The molecule has 3 heterocycles. The molecule has 1 aliphatic heterocycles. The normalized spacial score (nSPS) is 16.6. The van der Waals surface area contributed by atoms with Crippen LogP contribution in [0.3, 0.4) is 0 Å². The smallest absolute Gasteiger partial charge is 0.151 e. The van der Waals surface area contributed by atoms with Crippen molar-refractivity contribution in [1.82, 2.24) is 9.88 Å². The maximum absolute atomic E-state index is 11.4. The number of nitrogens with zero attached hydrogens (tertiary/aromatic N) is 2. The van der Waals surface area contributed by atoms with Crippen molar-refractivity contribution in [3.8, 4) is 17.2 Å². The van der Waals surface area contributed by atoms with E-state index in [1.54, 1.807) is 17.5 Å². The van der Waals surface area contributed by atoms with Gasteiger partial charge in [0, 0.05) is 38.2 Å². The highest BCUT2D eigenvalue weighted by molar-refractivity contribution is 7.19. The van der Waals surface area contributed by atoms with Crippen LogP contribution in [-0.4, -0.2) is 42.4 Å². The molecule has 0 bridgehead atoms. The second-order valence-electron chi connectivity index (χ2n) is 8.35. The van der Waals surface area contributed by atoms with Crippen molar-refractivity contribution in [2.24, 2.45) is 0 Å². The number of pyridine rings is 1. The van der Waals surface area contributed by atoms with Gasteiger partial charge < -0.3 is 14.4 Å². The maximum Gasteiger partial charge on any atom is 0.151 e. The minimum Gasteiger partial charge on any atom is -0.494 e. The molecule has 5 rings (SSSR count). The van der Waals surface area contributed by atoms with Crippen LogP contribution in [0, 0.1) is 6.92 Å². The van der Waals surface area contributed by atoms with Crippen LogP contribution in [0.5, 0.6) is 17.2 Å². The third kappa shape index (κ3) is 4.08. The van der Waals surface area contributed by atoms with E-state index in [1.165, 1.54) is 19.4 Å². The van der Waals surface area contributed by atoms with Gasteiger partial charge in [0.2, 0.25) is 0 Å². The number of aldehydes is 1. The average molecular weight is 447 g/mol. The highest BCUT2D eigenvalue weighted by Gasteiger charge is 2.20. The number of rotatable bonds is 7. The van der Waals surface area contributed by atoms with Crippen LogP contribution < -0.4 is 9.47 Å². The summed E-state index contributed by atoms with van der Waals surface area (Å²) in [5, 5.41) is 1.89. The second-order valence-corrected chi connectivity index (χ2v) is 9.61. The zero-order chi connectivity index (χ0) is 22.1. The van der Waals surface area contributed by atoms with Gasteiger partial charge in [-0.3, -0.25) is 9.78 Å². The highest BCUT2D eigenvalue weighted by Crippen LogP contribution is 2.36. The van der Waals surface area contributed by atoms with E-state index in [4.69, 9.17) is 9.47 Å². The molecule has 0 amide bonds. The van der Waals surface area contributed by atoms with Crippen LogP contribution >= 0.6 is 11.3 Å². The quantitative estimate of drug-likeness (QED) is 0.315. The van der Waals surface area contributed by atoms with Gasteiger partial charge in [-0.2, -0.15) is 0 Å². The Kier molecular flexibility index (Phi) is 5.81. The predicted octanol–water partition coefficient (Wildman–Crippen LogP) is 6.23. The second kappa shape index (κ2) is 8.88. The van der Waals surface area contributed by atoms with Gasteiger partial charge >= 0.3 is 0 Å². The molecule has 32 heavy (non-hydrogen) atoms. The number of aromatic nitrogens is 1. The van der Waals surface area contributed by atoms with Gasteiger partial charge in [-0.1, -0.05) is 0 Å². The van der Waals surface area contributed by atoms with Gasteiger partial charge in [0.1, 0.15) is 17.2 Å². The van der Waals surface area contributed by atoms with Crippen LogP contribution in [-0.2, 0) is 0 Å². The SMILES string of the molecule is Cc1sc2cc(Oc3ccnc4ccc(OCCC5CCCN5C)cc34)ccc2c1C=O. The molecule has 5 nitrogen and oxygen atoms in total. The number of carbonyl (C=O) groups is 1. The molecule has 164 valence electrons. The number of thiophene rings is 1. The van der Waals surface area contributed by atoms with E-state index in [0.29, 0.717) is 12.6 Å². The fraction of sp³-hybridized carbons (Fsp3) is 0.308. The van der Waals surface area contributed by atoms with Crippen molar-refractivity contribution < 1.29 is 14.3 Å². The van der Waals surface area contributed by atoms with E-state index >= 15 is 0 Å². The van der Waals surface area contributed by atoms with E-state index in [1.807, 2.05) is 49.4 Å². The van der Waals surface area contributed by atoms with Crippen molar-refractivity contribution in [3.63, 3.8) is 0 Å². The molecule has 0 N–H and O–H groups in total. The summed E-state index contributed by atoms with van der Waals surface area (Å²) in [4.78, 5) is 19.3. The number of hydrogen-bond acceptors (Lipinski definition) is 6. The Morgan fingerprint density at radius 3 is 2.84 bits per heavy atom. The fourth-order valence-corrected chi connectivity index (χ4v) is 5.55. The lowest BCUT2D eigenvalue weighted by Crippen LogP contribution is -2.26. The standard InChI is InChI=1S/C26H26N2O3S/c1-17-23(16-29)21-7-5-20(15-26(21)32-17)31-25-9-11-27-24-8-6-19(14-22(24)25)30-13-10-18-4-3-12-28(18)2/h5-9,11,14-16,18H,3-4,10,12-13H2,1-2H3. The van der Waals surface area contributed by atoms with Crippen LogP contribution in [0.25, 0.3) is 21.0 Å². The number of ether oxygens (including phenoxy) is 2. The molecule has 0 saturated carbocycles. The monoisotopic (exact) mass is 446 g/mol. The summed E-state index contributed by atoms with van der Waals surface area (Å²) in [6.45, 7) is 3.85. The molecule has 1 atom stereocenters. The summed E-state index contributed by atoms with van der Waals surface area (Å²) in [7, 11) is 2.19. The first-order chi connectivity index (χ1) is 15.6. The van der Waals surface area contributed by atoms with Crippen LogP contribution in [0.4, 0.5) is 0 Å². The van der Waals surface area contributed by atoms with E-state index in [9.17, 15) is 4.79 Å². The van der Waals surface area contributed by atoms with Crippen LogP contribution in [0.1, 0.15) is 34.5 Å². The third-order valence-electron chi connectivity index (χ3n) is 6.30. The zero-order valence-corrected chi connectivity index (χ0v) is 19.2. The molecule has 1 aliphatic rings. The van der Waals surface area contributed by atoms with Crippen molar-refractivity contribution >= 4 is 38.6 Å². The molecule has 4 aromatic rings. The zero-order valence-electron chi connectivity index (χ0n) is 18.3. The van der Waals surface area contributed by atoms with Gasteiger partial charge in [-0.15, -0.1) is 11.3 Å². The lowest BCUT2D eigenvalue weighted by molar-refractivity contribution is 0.112. The minimum absolute atomic E-state index is 0.617. The first kappa shape index (κ1) is 20.9. The number of likely N-dealkylation sites (tertiary alicyclic amines) is 1. The molecule has 0 aliphatic carbocycles. The summed E-state index contributed by atoms with van der Waals surface area (Å²) in [5.41, 5.74) is 1.62. The topological polar surface area (TPSA) is 51.7 Å². The average Bonchev–Trinajstić information content (AvgIpc) is 3.35. The van der Waals surface area contributed by atoms with E-state index in [0.717, 1.165) is 61.4 Å². The van der Waals surface area contributed by atoms with Gasteiger partial charge in [0.05, 0.1) is 12.1 Å². The predicted molar refractivity (Wildman–Crippen MR) is 130 cm³/mol. The van der Waals surface area contributed by atoms with Gasteiger partial charge in [-0.25, -0.2) is 0 Å². The van der Waals surface area contributed by atoms with Crippen LogP contribution in [0.15, 0.2) is 48.7 Å². The van der Waals surface area contributed by atoms with E-state index < -0.39 is 0 Å². The van der Waals surface area contributed by atoms with E-state index in [2.05, 4.69) is 16.9 Å². The number of fused-ring (bicyclic) bond motifs is 2. The Morgan fingerprint density at radius 2 is 2.03 bits per heavy atom. The molecule has 0 radical (unpaired) electrons. The summed E-state index contributed by atoms with van der Waals surface area (Å²) < 4.78 is 13.4. The molecule has 2 aromatic carbocycles. The lowest BCUT2D eigenvalue weighted by Gasteiger charge is -2.19. The third-order valence-corrected chi connectivity index (χ3v) is 7.38. The summed E-state index contributed by atoms with van der Waals surface area (Å²) >= 11 is 1.61. The first-order valence-corrected chi connectivity index (χ1v) is 11.8. The van der Waals surface area contributed by atoms with Gasteiger partial charge in [0.25, 0.3) is 0 Å². The largest absolute Gasteiger partial charge is 0.494 e. The molecule has 2 aromatic heterocycles. The molecular formula is C26H26N2O3S. The number of hydrogen-bond donors (Lipinski definition) is 0. The Bertz CT molecular complexity index is 1280. The molecule has 1 fully saturated rings. The maximum atomic E-state index is 11.4. The Morgan fingerprint density at radius 1 is 1.16 bits per heavy atom. The van der Waals surface area contributed by atoms with Crippen molar-refractivity contribution in [2.45, 2.75) is 32.2 Å². The highest BCUT2D eigenvalue weighted by atomic mass is 32.1. The summed E-state index contributed by atoms with van der Waals surface area (Å²) in [5.74, 6) is 2.30. The summed E-state index contributed by atoms with van der Waals surface area (Å²) in [6.07, 6.45) is 6.25. The number of benzene rings is 2. The molecule has 0 spiro atoms. The lowest BCUT2D eigenvalue weighted by atomic mass is 10.1. The van der Waals surface area contributed by atoms with E-state index in [-0.39, 0.29) is 0 Å². The molecule has 1 saturated heterocycles. The Hall–Kier alpha value is -2.96. The molecule has 1 unspecified atom stereocenters. The number of aryl methyl sites for hydroxylation is 1. The summed E-state index contributed by atoms with van der Waals surface area (Å²) in [6, 6.07) is 14.3. The fourth-order valence-electron chi connectivity index (χ4n) is 4.49. The first-order valence-electron chi connectivity index (χ1n) is 11.0. The van der Waals surface area contributed by atoms with Gasteiger partial charge in [0.15, 0.2) is 6.29 Å². The molecular weight excluding hydrogens is 420 g/mol. The van der Waals surface area contributed by atoms with Gasteiger partial charge in [-0.05, 0) is 82.2 Å². The Labute approximate surface area is 191 Å². The van der Waals surface area contributed by atoms with Crippen molar-refractivity contribution in [2.75, 3.05) is 20.2 Å². The van der Waals surface area contributed by atoms with Crippen molar-refractivity contribution in [1.29, 1.82) is 0 Å². The van der Waals surface area contributed by atoms with Crippen molar-refractivity contribution in [3.05, 3.63) is 59.1 Å². The minimum atomic E-state index is 0.617. The molecule has 6 heteroatoms. The Balaban J connectivity index is 1.37. The number of carbonyl (C=O) groups excluding carboxylic acids is 1. The van der Waals surface area contributed by atoms with Crippen LogP contribution in [0.2, 0.25) is 0 Å².